The first-order valence-electron chi connectivity index (χ1n) is 5.92. The molecule has 100 valence electrons. The SMILES string of the molecule is Cc1cc(/C(N)=N/O)nc(OC(C)CC(C)C)n1. The van der Waals surface area contributed by atoms with E-state index in [-0.39, 0.29) is 18.0 Å². The summed E-state index contributed by atoms with van der Waals surface area (Å²) in [6.45, 7) is 8.02. The van der Waals surface area contributed by atoms with E-state index < -0.39 is 0 Å². The summed E-state index contributed by atoms with van der Waals surface area (Å²) in [6, 6.07) is 1.89. The van der Waals surface area contributed by atoms with Gasteiger partial charge in [0.05, 0.1) is 6.10 Å². The Bertz CT molecular complexity index is 432. The molecule has 0 saturated heterocycles. The van der Waals surface area contributed by atoms with Crippen molar-refractivity contribution in [1.82, 2.24) is 9.97 Å². The second-order valence-electron chi connectivity index (χ2n) is 4.72. The van der Waals surface area contributed by atoms with Gasteiger partial charge in [0.2, 0.25) is 0 Å². The molecule has 0 aliphatic rings. The van der Waals surface area contributed by atoms with Crippen molar-refractivity contribution in [2.24, 2.45) is 16.8 Å². The molecule has 1 aromatic rings. The summed E-state index contributed by atoms with van der Waals surface area (Å²) in [4.78, 5) is 8.27. The summed E-state index contributed by atoms with van der Waals surface area (Å²) in [5.41, 5.74) is 6.56. The summed E-state index contributed by atoms with van der Waals surface area (Å²) < 4.78 is 5.63. The molecule has 0 radical (unpaired) electrons. The van der Waals surface area contributed by atoms with Gasteiger partial charge in [0.15, 0.2) is 5.84 Å². The van der Waals surface area contributed by atoms with Crippen LogP contribution in [-0.2, 0) is 0 Å². The van der Waals surface area contributed by atoms with Crippen molar-refractivity contribution in [3.05, 3.63) is 17.5 Å². The van der Waals surface area contributed by atoms with E-state index in [1.54, 1.807) is 13.0 Å². The average molecular weight is 252 g/mol. The van der Waals surface area contributed by atoms with Crippen LogP contribution in [0.15, 0.2) is 11.2 Å². The van der Waals surface area contributed by atoms with Gasteiger partial charge < -0.3 is 15.7 Å². The lowest BCUT2D eigenvalue weighted by molar-refractivity contribution is 0.177. The Hall–Kier alpha value is -1.85. The molecule has 6 heteroatoms. The molecule has 1 heterocycles. The third kappa shape index (κ3) is 4.20. The molecule has 0 fully saturated rings. The van der Waals surface area contributed by atoms with E-state index in [2.05, 4.69) is 29.0 Å². The lowest BCUT2D eigenvalue weighted by Gasteiger charge is -2.15. The van der Waals surface area contributed by atoms with Gasteiger partial charge in [0.1, 0.15) is 5.69 Å². The van der Waals surface area contributed by atoms with Crippen molar-refractivity contribution >= 4 is 5.84 Å². The van der Waals surface area contributed by atoms with Crippen molar-refractivity contribution in [1.29, 1.82) is 0 Å². The molecule has 6 nitrogen and oxygen atoms in total. The third-order valence-corrected chi connectivity index (χ3v) is 2.31. The zero-order valence-corrected chi connectivity index (χ0v) is 11.2. The first kappa shape index (κ1) is 14.2. The molecular formula is C12H20N4O2. The molecule has 0 spiro atoms. The molecule has 1 unspecified atom stereocenters. The van der Waals surface area contributed by atoms with Crippen LogP contribution in [0.1, 0.15) is 38.6 Å². The standard InChI is InChI=1S/C12H20N4O2/c1-7(2)5-9(4)18-12-14-8(3)6-10(15-12)11(13)16-17/h6-7,9,17H,5H2,1-4H3,(H2,13,16). The predicted molar refractivity (Wildman–Crippen MR) is 68.8 cm³/mol. The molecule has 0 bridgehead atoms. The minimum atomic E-state index is -0.0538. The van der Waals surface area contributed by atoms with Gasteiger partial charge in [-0.2, -0.15) is 4.98 Å². The topological polar surface area (TPSA) is 93.6 Å². The summed E-state index contributed by atoms with van der Waals surface area (Å²) in [7, 11) is 0. The van der Waals surface area contributed by atoms with Crippen molar-refractivity contribution in [2.75, 3.05) is 0 Å². The number of ether oxygens (including phenoxy) is 1. The van der Waals surface area contributed by atoms with Crippen molar-refractivity contribution in [2.45, 2.75) is 40.2 Å². The molecule has 3 N–H and O–H groups in total. The molecule has 0 saturated carbocycles. The van der Waals surface area contributed by atoms with Crippen LogP contribution in [0.4, 0.5) is 0 Å². The fraction of sp³-hybridized carbons (Fsp3) is 0.583. The maximum atomic E-state index is 8.63. The number of rotatable bonds is 5. The second-order valence-corrected chi connectivity index (χ2v) is 4.72. The summed E-state index contributed by atoms with van der Waals surface area (Å²) in [5, 5.41) is 11.5. The van der Waals surface area contributed by atoms with Gasteiger partial charge in [-0.3, -0.25) is 0 Å². The number of nitrogens with two attached hydrogens (primary N) is 1. The highest BCUT2D eigenvalue weighted by Crippen LogP contribution is 2.13. The van der Waals surface area contributed by atoms with Crippen LogP contribution in [0.5, 0.6) is 6.01 Å². The van der Waals surface area contributed by atoms with Gasteiger partial charge in [-0.05, 0) is 32.3 Å². The van der Waals surface area contributed by atoms with E-state index in [1.807, 2.05) is 6.92 Å². The van der Waals surface area contributed by atoms with Crippen LogP contribution in [0, 0.1) is 12.8 Å². The molecule has 1 atom stereocenters. The van der Waals surface area contributed by atoms with Crippen LogP contribution in [0.25, 0.3) is 0 Å². The summed E-state index contributed by atoms with van der Waals surface area (Å²) in [5.74, 6) is 0.482. The fourth-order valence-corrected chi connectivity index (χ4v) is 1.67. The molecule has 0 amide bonds. The highest BCUT2D eigenvalue weighted by Gasteiger charge is 2.11. The lowest BCUT2D eigenvalue weighted by Crippen LogP contribution is -2.19. The van der Waals surface area contributed by atoms with E-state index in [0.29, 0.717) is 17.3 Å². The van der Waals surface area contributed by atoms with Gasteiger partial charge in [-0.25, -0.2) is 4.98 Å². The number of aryl methyl sites for hydroxylation is 1. The van der Waals surface area contributed by atoms with Gasteiger partial charge in [-0.15, -0.1) is 0 Å². The first-order chi connectivity index (χ1) is 8.42. The maximum Gasteiger partial charge on any atom is 0.317 e. The number of aromatic nitrogens is 2. The predicted octanol–water partition coefficient (Wildman–Crippen LogP) is 1.69. The van der Waals surface area contributed by atoms with Gasteiger partial charge in [-0.1, -0.05) is 19.0 Å². The molecular weight excluding hydrogens is 232 g/mol. The van der Waals surface area contributed by atoms with E-state index in [1.165, 1.54) is 0 Å². The molecule has 1 aromatic heterocycles. The fourth-order valence-electron chi connectivity index (χ4n) is 1.67. The number of oxime groups is 1. The van der Waals surface area contributed by atoms with Crippen molar-refractivity contribution < 1.29 is 9.94 Å². The molecule has 0 aliphatic carbocycles. The van der Waals surface area contributed by atoms with Crippen LogP contribution < -0.4 is 10.5 Å². The highest BCUT2D eigenvalue weighted by molar-refractivity contribution is 5.95. The Kier molecular flexibility index (Phi) is 4.88. The van der Waals surface area contributed by atoms with Gasteiger partial charge in [0.25, 0.3) is 0 Å². The van der Waals surface area contributed by atoms with E-state index in [0.717, 1.165) is 6.42 Å². The number of hydrogen-bond donors (Lipinski definition) is 2. The van der Waals surface area contributed by atoms with E-state index >= 15 is 0 Å². The number of hydrogen-bond acceptors (Lipinski definition) is 5. The Balaban J connectivity index is 2.86. The van der Waals surface area contributed by atoms with Crippen LogP contribution in [0.2, 0.25) is 0 Å². The average Bonchev–Trinajstić information content (AvgIpc) is 2.25. The highest BCUT2D eigenvalue weighted by atomic mass is 16.5. The van der Waals surface area contributed by atoms with E-state index in [4.69, 9.17) is 15.7 Å². The third-order valence-electron chi connectivity index (χ3n) is 2.31. The number of nitrogens with zero attached hydrogens (tertiary/aromatic N) is 3. The first-order valence-corrected chi connectivity index (χ1v) is 5.92. The van der Waals surface area contributed by atoms with E-state index in [9.17, 15) is 0 Å². The lowest BCUT2D eigenvalue weighted by atomic mass is 10.1. The Morgan fingerprint density at radius 3 is 2.67 bits per heavy atom. The smallest absolute Gasteiger partial charge is 0.317 e. The molecule has 0 aliphatic heterocycles. The minimum absolute atomic E-state index is 0.0203. The van der Waals surface area contributed by atoms with Crippen LogP contribution >= 0.6 is 0 Å². The zero-order valence-electron chi connectivity index (χ0n) is 11.2. The maximum absolute atomic E-state index is 8.63. The quantitative estimate of drug-likeness (QED) is 0.360. The second kappa shape index (κ2) is 6.18. The normalized spacial score (nSPS) is 13.7. The summed E-state index contributed by atoms with van der Waals surface area (Å²) in [6.07, 6.45) is 0.933. The number of amidine groups is 1. The zero-order chi connectivity index (χ0) is 13.7. The Morgan fingerprint density at radius 2 is 2.11 bits per heavy atom. The minimum Gasteiger partial charge on any atom is -0.460 e. The molecule has 1 rings (SSSR count). The molecule has 0 aromatic carbocycles. The van der Waals surface area contributed by atoms with Gasteiger partial charge in [0, 0.05) is 5.69 Å². The van der Waals surface area contributed by atoms with Crippen molar-refractivity contribution in [3.63, 3.8) is 0 Å². The molecule has 18 heavy (non-hydrogen) atoms. The Morgan fingerprint density at radius 1 is 1.44 bits per heavy atom. The van der Waals surface area contributed by atoms with Crippen LogP contribution in [0.3, 0.4) is 0 Å². The monoisotopic (exact) mass is 252 g/mol. The largest absolute Gasteiger partial charge is 0.460 e. The van der Waals surface area contributed by atoms with Crippen LogP contribution in [-0.4, -0.2) is 27.1 Å². The van der Waals surface area contributed by atoms with Gasteiger partial charge >= 0.3 is 6.01 Å². The van der Waals surface area contributed by atoms with Crippen molar-refractivity contribution in [3.8, 4) is 6.01 Å². The summed E-state index contributed by atoms with van der Waals surface area (Å²) >= 11 is 0. The Labute approximate surface area is 107 Å².